The van der Waals surface area contributed by atoms with E-state index in [0.29, 0.717) is 23.3 Å². The molecule has 0 saturated carbocycles. The average molecular weight is 400 g/mol. The molecule has 28 heavy (non-hydrogen) atoms. The molecule has 2 heterocycles. The van der Waals surface area contributed by atoms with Crippen LogP contribution in [0.3, 0.4) is 0 Å². The molecule has 0 radical (unpaired) electrons. The molecule has 0 aliphatic carbocycles. The number of carbonyl (C=O) groups excluding carboxylic acids is 1. The lowest BCUT2D eigenvalue weighted by Gasteiger charge is -2.35. The van der Waals surface area contributed by atoms with Gasteiger partial charge in [-0.2, -0.15) is 0 Å². The van der Waals surface area contributed by atoms with Crippen molar-refractivity contribution >= 4 is 21.6 Å². The molecule has 6 nitrogen and oxygen atoms in total. The molecule has 2 aliphatic rings. The van der Waals surface area contributed by atoms with Crippen molar-refractivity contribution in [3.8, 4) is 0 Å². The highest BCUT2D eigenvalue weighted by molar-refractivity contribution is 7.92. The fraction of sp³-hybridized carbons (Fsp3) is 0.381. The molecule has 2 fully saturated rings. The van der Waals surface area contributed by atoms with Gasteiger partial charge in [-0.25, -0.2) is 8.42 Å². The summed E-state index contributed by atoms with van der Waals surface area (Å²) in [6.07, 6.45) is 4.33. The monoisotopic (exact) mass is 399 g/mol. The summed E-state index contributed by atoms with van der Waals surface area (Å²) >= 11 is 0. The Labute approximate surface area is 166 Å². The van der Waals surface area contributed by atoms with Gasteiger partial charge in [0.15, 0.2) is 0 Å². The van der Waals surface area contributed by atoms with Crippen LogP contribution in [0.1, 0.15) is 36.0 Å². The number of hydrogen-bond donors (Lipinski definition) is 2. The van der Waals surface area contributed by atoms with E-state index in [0.717, 1.165) is 12.8 Å². The highest BCUT2D eigenvalue weighted by atomic mass is 32.2. The van der Waals surface area contributed by atoms with E-state index in [9.17, 15) is 13.2 Å². The number of amides is 1. The minimum absolute atomic E-state index is 0.0636. The predicted octanol–water partition coefficient (Wildman–Crippen LogP) is 2.84. The van der Waals surface area contributed by atoms with Crippen LogP contribution in [0.2, 0.25) is 0 Å². The van der Waals surface area contributed by atoms with Gasteiger partial charge >= 0.3 is 0 Å². The first kappa shape index (κ1) is 19.0. The smallest absolute Gasteiger partial charge is 0.261 e. The van der Waals surface area contributed by atoms with Crippen LogP contribution in [0.25, 0.3) is 0 Å². The number of anilines is 1. The Morgan fingerprint density at radius 2 is 1.61 bits per heavy atom. The van der Waals surface area contributed by atoms with Crippen molar-refractivity contribution in [2.75, 3.05) is 11.8 Å². The molecule has 7 heteroatoms. The maximum Gasteiger partial charge on any atom is 0.261 e. The van der Waals surface area contributed by atoms with E-state index in [4.69, 9.17) is 0 Å². The van der Waals surface area contributed by atoms with Crippen molar-refractivity contribution in [3.63, 3.8) is 0 Å². The van der Waals surface area contributed by atoms with Crippen LogP contribution >= 0.6 is 0 Å². The first-order valence-corrected chi connectivity index (χ1v) is 11.1. The quantitative estimate of drug-likeness (QED) is 0.810. The van der Waals surface area contributed by atoms with Crippen LogP contribution < -0.4 is 10.0 Å². The van der Waals surface area contributed by atoms with Crippen molar-refractivity contribution < 1.29 is 13.2 Å². The molecule has 2 aliphatic heterocycles. The molecule has 2 N–H and O–H groups in total. The van der Waals surface area contributed by atoms with Crippen LogP contribution in [-0.4, -0.2) is 44.4 Å². The van der Waals surface area contributed by atoms with Crippen LogP contribution in [0.5, 0.6) is 0 Å². The van der Waals surface area contributed by atoms with Crippen LogP contribution in [0.15, 0.2) is 59.5 Å². The number of nitrogens with zero attached hydrogens (tertiary/aromatic N) is 1. The maximum atomic E-state index is 12.9. The largest absolute Gasteiger partial charge is 0.339 e. The number of carbonyl (C=O) groups is 1. The summed E-state index contributed by atoms with van der Waals surface area (Å²) in [4.78, 5) is 14.8. The summed E-state index contributed by atoms with van der Waals surface area (Å²) in [5.74, 6) is -0.0636. The van der Waals surface area contributed by atoms with E-state index in [1.807, 2.05) is 18.0 Å². The normalized spacial score (nSPS) is 24.0. The lowest BCUT2D eigenvalue weighted by molar-refractivity contribution is 0.0681. The van der Waals surface area contributed by atoms with E-state index in [1.165, 1.54) is 25.0 Å². The summed E-state index contributed by atoms with van der Waals surface area (Å²) < 4.78 is 27.6. The molecule has 2 atom stereocenters. The second-order valence-corrected chi connectivity index (χ2v) is 9.36. The van der Waals surface area contributed by atoms with Gasteiger partial charge < -0.3 is 10.2 Å². The van der Waals surface area contributed by atoms with Crippen LogP contribution in [0, 0.1) is 0 Å². The standard InChI is InChI=1S/C21H25N3O3S/c1-24(19-13-17-9-10-18(14-19)22-17)21(25)15-7-11-20(12-8-15)28(26,27)23-16-5-3-2-4-6-16/h2-8,11-12,17-19,22-23H,9-10,13-14H2,1H3. The van der Waals surface area contributed by atoms with E-state index in [1.54, 1.807) is 36.4 Å². The van der Waals surface area contributed by atoms with Gasteiger partial charge in [0, 0.05) is 36.4 Å². The molecule has 2 aromatic carbocycles. The Kier molecular flexibility index (Phi) is 5.12. The average Bonchev–Trinajstić information content (AvgIpc) is 3.05. The summed E-state index contributed by atoms with van der Waals surface area (Å²) in [6, 6.07) is 16.1. The minimum atomic E-state index is -3.69. The Morgan fingerprint density at radius 1 is 1.00 bits per heavy atom. The topological polar surface area (TPSA) is 78.5 Å². The van der Waals surface area contributed by atoms with Crippen molar-refractivity contribution in [1.29, 1.82) is 0 Å². The number of rotatable bonds is 5. The lowest BCUT2D eigenvalue weighted by Crippen LogP contribution is -2.48. The molecule has 2 saturated heterocycles. The zero-order valence-electron chi connectivity index (χ0n) is 15.8. The van der Waals surface area contributed by atoms with Crippen molar-refractivity contribution in [3.05, 3.63) is 60.2 Å². The Morgan fingerprint density at radius 3 is 2.21 bits per heavy atom. The fourth-order valence-electron chi connectivity index (χ4n) is 4.21. The third-order valence-corrected chi connectivity index (χ3v) is 7.15. The fourth-order valence-corrected chi connectivity index (χ4v) is 5.27. The summed E-state index contributed by atoms with van der Waals surface area (Å²) in [7, 11) is -1.84. The maximum absolute atomic E-state index is 12.9. The number of hydrogen-bond acceptors (Lipinski definition) is 4. The van der Waals surface area contributed by atoms with E-state index >= 15 is 0 Å². The molecule has 148 valence electrons. The van der Waals surface area contributed by atoms with Gasteiger partial charge in [0.1, 0.15) is 0 Å². The summed E-state index contributed by atoms with van der Waals surface area (Å²) in [6.45, 7) is 0. The number of sulfonamides is 1. The van der Waals surface area contributed by atoms with Gasteiger partial charge in [-0.15, -0.1) is 0 Å². The molecule has 1 amide bonds. The Balaban J connectivity index is 1.45. The van der Waals surface area contributed by atoms with Crippen molar-refractivity contribution in [2.24, 2.45) is 0 Å². The van der Waals surface area contributed by atoms with Gasteiger partial charge in [-0.05, 0) is 62.1 Å². The molecular formula is C21H25N3O3S. The molecule has 0 spiro atoms. The second-order valence-electron chi connectivity index (χ2n) is 7.68. The molecule has 2 aromatic rings. The molecule has 2 bridgehead atoms. The number of para-hydroxylation sites is 1. The number of nitrogens with one attached hydrogen (secondary N) is 2. The first-order chi connectivity index (χ1) is 13.4. The van der Waals surface area contributed by atoms with E-state index in [2.05, 4.69) is 10.0 Å². The van der Waals surface area contributed by atoms with Crippen molar-refractivity contribution in [2.45, 2.75) is 48.7 Å². The van der Waals surface area contributed by atoms with Gasteiger partial charge in [0.05, 0.1) is 4.90 Å². The van der Waals surface area contributed by atoms with Gasteiger partial charge in [-0.1, -0.05) is 18.2 Å². The first-order valence-electron chi connectivity index (χ1n) is 9.63. The third kappa shape index (κ3) is 3.91. The van der Waals surface area contributed by atoms with Gasteiger partial charge in [0.2, 0.25) is 0 Å². The van der Waals surface area contributed by atoms with Crippen LogP contribution in [0.4, 0.5) is 5.69 Å². The molecular weight excluding hydrogens is 374 g/mol. The molecule has 4 rings (SSSR count). The lowest BCUT2D eigenvalue weighted by atomic mass is 9.98. The summed E-state index contributed by atoms with van der Waals surface area (Å²) in [5.41, 5.74) is 1.01. The number of piperidine rings is 1. The zero-order valence-corrected chi connectivity index (χ0v) is 16.7. The van der Waals surface area contributed by atoms with E-state index in [-0.39, 0.29) is 16.8 Å². The van der Waals surface area contributed by atoms with Crippen LogP contribution in [-0.2, 0) is 10.0 Å². The third-order valence-electron chi connectivity index (χ3n) is 5.75. The second kappa shape index (κ2) is 7.56. The van der Waals surface area contributed by atoms with E-state index < -0.39 is 10.0 Å². The zero-order chi connectivity index (χ0) is 19.7. The highest BCUT2D eigenvalue weighted by Gasteiger charge is 2.36. The number of benzene rings is 2. The Hall–Kier alpha value is -2.38. The van der Waals surface area contributed by atoms with Crippen molar-refractivity contribution in [1.82, 2.24) is 10.2 Å². The summed E-state index contributed by atoms with van der Waals surface area (Å²) in [5, 5.41) is 3.59. The SMILES string of the molecule is CN(C(=O)c1ccc(S(=O)(=O)Nc2ccccc2)cc1)C1CC2CCC(C1)N2. The highest BCUT2D eigenvalue weighted by Crippen LogP contribution is 2.30. The predicted molar refractivity (Wildman–Crippen MR) is 109 cm³/mol. The number of fused-ring (bicyclic) bond motifs is 2. The minimum Gasteiger partial charge on any atom is -0.339 e. The van der Waals surface area contributed by atoms with Gasteiger partial charge in [0.25, 0.3) is 15.9 Å². The van der Waals surface area contributed by atoms with Gasteiger partial charge in [-0.3, -0.25) is 9.52 Å². The molecule has 2 unspecified atom stereocenters. The molecule has 0 aromatic heterocycles. The Bertz CT molecular complexity index is 933.